The maximum atomic E-state index is 14.4. The molecule has 0 saturated heterocycles. The van der Waals surface area contributed by atoms with Crippen LogP contribution in [0.2, 0.25) is 0 Å². The smallest absolute Gasteiger partial charge is 0.303 e. The van der Waals surface area contributed by atoms with Crippen LogP contribution in [0, 0.1) is 11.6 Å². The van der Waals surface area contributed by atoms with Gasteiger partial charge in [-0.15, -0.1) is 0 Å². The van der Waals surface area contributed by atoms with Crippen molar-refractivity contribution in [2.75, 3.05) is 20.7 Å². The van der Waals surface area contributed by atoms with Crippen LogP contribution >= 0.6 is 0 Å². The summed E-state index contributed by atoms with van der Waals surface area (Å²) < 4.78 is 33.4. The second-order valence-corrected chi connectivity index (χ2v) is 5.76. The van der Waals surface area contributed by atoms with E-state index in [1.54, 1.807) is 6.07 Å². The summed E-state index contributed by atoms with van der Waals surface area (Å²) in [5, 5.41) is 8.62. The third kappa shape index (κ3) is 4.56. The van der Waals surface area contributed by atoms with Crippen molar-refractivity contribution < 1.29 is 28.2 Å². The SMILES string of the molecule is COc1ccc(-c2ccc(C(=O)N(C)CCCC(=O)O)c(F)c2)c(F)c1. The molecular formula is C19H19F2NO4. The average Bonchev–Trinajstić information content (AvgIpc) is 2.60. The van der Waals surface area contributed by atoms with Crippen molar-refractivity contribution in [2.24, 2.45) is 0 Å². The van der Waals surface area contributed by atoms with Crippen molar-refractivity contribution in [3.63, 3.8) is 0 Å². The summed E-state index contributed by atoms with van der Waals surface area (Å²) >= 11 is 0. The fraction of sp³-hybridized carbons (Fsp3) is 0.263. The summed E-state index contributed by atoms with van der Waals surface area (Å²) in [4.78, 5) is 24.1. The van der Waals surface area contributed by atoms with Gasteiger partial charge < -0.3 is 14.7 Å². The normalized spacial score (nSPS) is 10.5. The number of hydrogen-bond acceptors (Lipinski definition) is 3. The maximum absolute atomic E-state index is 14.4. The Hall–Kier alpha value is -2.96. The van der Waals surface area contributed by atoms with Crippen LogP contribution in [-0.2, 0) is 4.79 Å². The van der Waals surface area contributed by atoms with Crippen LogP contribution in [-0.4, -0.2) is 42.6 Å². The zero-order valence-electron chi connectivity index (χ0n) is 14.5. The number of aliphatic carboxylic acids is 1. The molecule has 1 amide bonds. The minimum atomic E-state index is -0.956. The molecule has 0 aliphatic heterocycles. The molecule has 5 nitrogen and oxygen atoms in total. The molecule has 0 unspecified atom stereocenters. The van der Waals surface area contributed by atoms with E-state index < -0.39 is 23.5 Å². The fourth-order valence-electron chi connectivity index (χ4n) is 2.49. The number of carbonyl (C=O) groups excluding carboxylic acids is 1. The molecule has 0 saturated carbocycles. The number of halogens is 2. The molecule has 0 heterocycles. The molecule has 0 aliphatic rings. The largest absolute Gasteiger partial charge is 0.497 e. The van der Waals surface area contributed by atoms with Gasteiger partial charge in [0.05, 0.1) is 12.7 Å². The Morgan fingerprint density at radius 3 is 2.42 bits per heavy atom. The van der Waals surface area contributed by atoms with Gasteiger partial charge in [-0.2, -0.15) is 0 Å². The molecule has 138 valence electrons. The maximum Gasteiger partial charge on any atom is 0.303 e. The van der Waals surface area contributed by atoms with Crippen molar-refractivity contribution in [3.8, 4) is 16.9 Å². The molecule has 26 heavy (non-hydrogen) atoms. The minimum absolute atomic E-state index is 0.0736. The number of carboxylic acids is 1. The Kier molecular flexibility index (Phi) is 6.27. The average molecular weight is 363 g/mol. The summed E-state index contributed by atoms with van der Waals surface area (Å²) in [6, 6.07) is 8.09. The van der Waals surface area contributed by atoms with Gasteiger partial charge in [-0.25, -0.2) is 8.78 Å². The lowest BCUT2D eigenvalue weighted by molar-refractivity contribution is -0.137. The van der Waals surface area contributed by atoms with Crippen LogP contribution < -0.4 is 4.74 Å². The van der Waals surface area contributed by atoms with E-state index in [4.69, 9.17) is 9.84 Å². The fourth-order valence-corrected chi connectivity index (χ4v) is 2.49. The topological polar surface area (TPSA) is 66.8 Å². The van der Waals surface area contributed by atoms with E-state index in [0.717, 1.165) is 6.07 Å². The van der Waals surface area contributed by atoms with Crippen LogP contribution in [0.25, 0.3) is 11.1 Å². The van der Waals surface area contributed by atoms with E-state index in [1.807, 2.05) is 0 Å². The third-order valence-corrected chi connectivity index (χ3v) is 3.92. The lowest BCUT2D eigenvalue weighted by Gasteiger charge is -2.17. The van der Waals surface area contributed by atoms with E-state index in [0.29, 0.717) is 11.3 Å². The summed E-state index contributed by atoms with van der Waals surface area (Å²) in [5.41, 5.74) is 0.340. The molecule has 0 aliphatic carbocycles. The quantitative estimate of drug-likeness (QED) is 0.817. The van der Waals surface area contributed by atoms with Crippen molar-refractivity contribution in [1.29, 1.82) is 0 Å². The van der Waals surface area contributed by atoms with E-state index in [2.05, 4.69) is 0 Å². The number of rotatable bonds is 7. The molecule has 2 rings (SSSR count). The zero-order chi connectivity index (χ0) is 19.3. The third-order valence-electron chi connectivity index (χ3n) is 3.92. The molecule has 0 spiro atoms. The lowest BCUT2D eigenvalue weighted by Crippen LogP contribution is -2.28. The molecule has 0 fully saturated rings. The van der Waals surface area contributed by atoms with Gasteiger partial charge in [-0.1, -0.05) is 6.07 Å². The first kappa shape index (κ1) is 19.4. The van der Waals surface area contributed by atoms with Crippen LogP contribution in [0.15, 0.2) is 36.4 Å². The summed E-state index contributed by atoms with van der Waals surface area (Å²) in [7, 11) is 2.89. The zero-order valence-corrected chi connectivity index (χ0v) is 14.5. The van der Waals surface area contributed by atoms with Crippen molar-refractivity contribution in [3.05, 3.63) is 53.6 Å². The van der Waals surface area contributed by atoms with Crippen molar-refractivity contribution >= 4 is 11.9 Å². The van der Waals surface area contributed by atoms with Gasteiger partial charge in [0.1, 0.15) is 17.4 Å². The lowest BCUT2D eigenvalue weighted by atomic mass is 10.0. The number of ether oxygens (including phenoxy) is 1. The first-order chi connectivity index (χ1) is 12.3. The number of hydrogen-bond donors (Lipinski definition) is 1. The van der Waals surface area contributed by atoms with E-state index in [-0.39, 0.29) is 30.5 Å². The van der Waals surface area contributed by atoms with Crippen molar-refractivity contribution in [1.82, 2.24) is 4.90 Å². The first-order valence-corrected chi connectivity index (χ1v) is 7.94. The Bertz CT molecular complexity index is 823. The highest BCUT2D eigenvalue weighted by atomic mass is 19.1. The number of carboxylic acid groups (broad SMARTS) is 1. The Morgan fingerprint density at radius 2 is 1.85 bits per heavy atom. The van der Waals surface area contributed by atoms with Gasteiger partial charge in [0.2, 0.25) is 0 Å². The van der Waals surface area contributed by atoms with E-state index >= 15 is 0 Å². The van der Waals surface area contributed by atoms with Gasteiger partial charge >= 0.3 is 5.97 Å². The van der Waals surface area contributed by atoms with Crippen LogP contribution in [0.4, 0.5) is 8.78 Å². The monoisotopic (exact) mass is 363 g/mol. The molecule has 2 aromatic carbocycles. The molecule has 7 heteroatoms. The number of benzene rings is 2. The minimum Gasteiger partial charge on any atom is -0.497 e. The highest BCUT2D eigenvalue weighted by molar-refractivity contribution is 5.95. The van der Waals surface area contributed by atoms with Crippen molar-refractivity contribution in [2.45, 2.75) is 12.8 Å². The predicted molar refractivity (Wildman–Crippen MR) is 92.2 cm³/mol. The van der Waals surface area contributed by atoms with Gasteiger partial charge in [-0.05, 0) is 36.2 Å². The molecule has 0 atom stereocenters. The number of carbonyl (C=O) groups is 2. The number of methoxy groups -OCH3 is 1. The molecule has 1 N–H and O–H groups in total. The predicted octanol–water partition coefficient (Wildman–Crippen LogP) is 3.58. The number of amides is 1. The van der Waals surface area contributed by atoms with Crippen LogP contribution in [0.1, 0.15) is 23.2 Å². The molecule has 0 bridgehead atoms. The van der Waals surface area contributed by atoms with E-state index in [9.17, 15) is 18.4 Å². The standard InChI is InChI=1S/C19H19F2NO4/c1-22(9-3-4-18(23)24)19(25)15-7-5-12(10-16(15)20)14-8-6-13(26-2)11-17(14)21/h5-8,10-11H,3-4,9H2,1-2H3,(H,23,24). The Labute approximate surface area is 149 Å². The number of nitrogens with zero attached hydrogens (tertiary/aromatic N) is 1. The van der Waals surface area contributed by atoms with Gasteiger partial charge in [0.25, 0.3) is 5.91 Å². The van der Waals surface area contributed by atoms with Crippen LogP contribution in [0.3, 0.4) is 0 Å². The van der Waals surface area contributed by atoms with Gasteiger partial charge in [0, 0.05) is 31.6 Å². The summed E-state index contributed by atoms with van der Waals surface area (Å²) in [6.07, 6.45) is 0.199. The molecule has 2 aromatic rings. The highest BCUT2D eigenvalue weighted by Gasteiger charge is 2.18. The summed E-state index contributed by atoms with van der Waals surface area (Å²) in [5.74, 6) is -2.50. The summed E-state index contributed by atoms with van der Waals surface area (Å²) in [6.45, 7) is 0.194. The molecule has 0 aromatic heterocycles. The second-order valence-electron chi connectivity index (χ2n) is 5.76. The Balaban J connectivity index is 2.18. The molecular weight excluding hydrogens is 344 g/mol. The van der Waals surface area contributed by atoms with Gasteiger partial charge in [0.15, 0.2) is 0 Å². The van der Waals surface area contributed by atoms with E-state index in [1.165, 1.54) is 43.3 Å². The van der Waals surface area contributed by atoms with Gasteiger partial charge in [-0.3, -0.25) is 9.59 Å². The Morgan fingerprint density at radius 1 is 1.12 bits per heavy atom. The highest BCUT2D eigenvalue weighted by Crippen LogP contribution is 2.28. The first-order valence-electron chi connectivity index (χ1n) is 7.94. The van der Waals surface area contributed by atoms with Crippen LogP contribution in [0.5, 0.6) is 5.75 Å². The molecule has 0 radical (unpaired) electrons. The second kappa shape index (κ2) is 8.42.